The molecular formula is C11H12BrFO2S. The maximum atomic E-state index is 13.8. The molecule has 16 heavy (non-hydrogen) atoms. The summed E-state index contributed by atoms with van der Waals surface area (Å²) >= 11 is 4.33. The molecule has 0 aromatic heterocycles. The van der Waals surface area contributed by atoms with E-state index in [1.807, 2.05) is 20.8 Å². The Morgan fingerprint density at radius 3 is 2.44 bits per heavy atom. The largest absolute Gasteiger partial charge is 0.478 e. The highest BCUT2D eigenvalue weighted by Gasteiger charge is 2.20. The molecule has 88 valence electrons. The van der Waals surface area contributed by atoms with Crippen LogP contribution in [0, 0.1) is 5.82 Å². The number of carboxylic acids is 1. The molecule has 0 spiro atoms. The standard InChI is InChI=1S/C11H12BrFO2S/c1-11(2,3)16-7-5-4-6(10(14)15)8(12)9(7)13/h4-5H,1-3H3,(H,14,15). The van der Waals surface area contributed by atoms with Crippen molar-refractivity contribution < 1.29 is 14.3 Å². The Morgan fingerprint density at radius 2 is 2.00 bits per heavy atom. The molecule has 2 nitrogen and oxygen atoms in total. The Morgan fingerprint density at radius 1 is 1.44 bits per heavy atom. The van der Waals surface area contributed by atoms with Gasteiger partial charge in [0.1, 0.15) is 0 Å². The van der Waals surface area contributed by atoms with Crippen molar-refractivity contribution in [1.82, 2.24) is 0 Å². The highest BCUT2D eigenvalue weighted by atomic mass is 79.9. The van der Waals surface area contributed by atoms with Gasteiger partial charge in [0.25, 0.3) is 0 Å². The van der Waals surface area contributed by atoms with Crippen LogP contribution >= 0.6 is 27.7 Å². The van der Waals surface area contributed by atoms with E-state index in [1.165, 1.54) is 23.9 Å². The first-order valence-electron chi connectivity index (χ1n) is 4.62. The van der Waals surface area contributed by atoms with Crippen molar-refractivity contribution >= 4 is 33.7 Å². The van der Waals surface area contributed by atoms with Crippen molar-refractivity contribution in [3.8, 4) is 0 Å². The second-order valence-corrected chi connectivity index (χ2v) is 6.92. The summed E-state index contributed by atoms with van der Waals surface area (Å²) in [5.41, 5.74) is -0.0595. The maximum absolute atomic E-state index is 13.8. The molecule has 5 heteroatoms. The van der Waals surface area contributed by atoms with Crippen molar-refractivity contribution in [3.63, 3.8) is 0 Å². The Bertz CT molecular complexity index is 427. The van der Waals surface area contributed by atoms with Gasteiger partial charge in [-0.3, -0.25) is 0 Å². The van der Waals surface area contributed by atoms with E-state index in [1.54, 1.807) is 0 Å². The highest BCUT2D eigenvalue weighted by molar-refractivity contribution is 9.10. The molecule has 1 rings (SSSR count). The molecule has 1 aromatic carbocycles. The van der Waals surface area contributed by atoms with Crippen LogP contribution in [0.4, 0.5) is 4.39 Å². The second kappa shape index (κ2) is 4.75. The lowest BCUT2D eigenvalue weighted by Gasteiger charge is -2.18. The van der Waals surface area contributed by atoms with E-state index in [-0.39, 0.29) is 14.8 Å². The van der Waals surface area contributed by atoms with E-state index in [0.717, 1.165) is 0 Å². The number of halogens is 2. The number of rotatable bonds is 2. The van der Waals surface area contributed by atoms with Gasteiger partial charge >= 0.3 is 5.97 Å². The lowest BCUT2D eigenvalue weighted by Crippen LogP contribution is -2.08. The third-order valence-electron chi connectivity index (χ3n) is 1.69. The topological polar surface area (TPSA) is 37.3 Å². The summed E-state index contributed by atoms with van der Waals surface area (Å²) in [7, 11) is 0. The van der Waals surface area contributed by atoms with E-state index in [9.17, 15) is 9.18 Å². The molecule has 0 aliphatic rings. The quantitative estimate of drug-likeness (QED) is 0.833. The summed E-state index contributed by atoms with van der Waals surface area (Å²) in [6, 6.07) is 2.91. The van der Waals surface area contributed by atoms with Gasteiger partial charge in [0.15, 0.2) is 5.82 Å². The van der Waals surface area contributed by atoms with E-state index < -0.39 is 11.8 Å². The highest BCUT2D eigenvalue weighted by Crippen LogP contribution is 2.36. The molecule has 0 aliphatic heterocycles. The number of thioether (sulfide) groups is 1. The van der Waals surface area contributed by atoms with Crippen LogP contribution < -0.4 is 0 Å². The van der Waals surface area contributed by atoms with E-state index >= 15 is 0 Å². The third kappa shape index (κ3) is 3.22. The third-order valence-corrected chi connectivity index (χ3v) is 3.62. The fourth-order valence-electron chi connectivity index (χ4n) is 1.11. The summed E-state index contributed by atoms with van der Waals surface area (Å²) in [5.74, 6) is -1.65. The zero-order chi connectivity index (χ0) is 12.5. The number of carboxylic acid groups (broad SMARTS) is 1. The number of benzene rings is 1. The molecule has 0 atom stereocenters. The van der Waals surface area contributed by atoms with Crippen molar-refractivity contribution in [1.29, 1.82) is 0 Å². The lowest BCUT2D eigenvalue weighted by atomic mass is 10.2. The molecule has 0 unspecified atom stereocenters. The van der Waals surface area contributed by atoms with Crippen molar-refractivity contribution in [2.75, 3.05) is 0 Å². The first kappa shape index (κ1) is 13.5. The van der Waals surface area contributed by atoms with Gasteiger partial charge < -0.3 is 5.11 Å². The summed E-state index contributed by atoms with van der Waals surface area (Å²) in [5, 5.41) is 8.81. The molecule has 0 amide bonds. The fourth-order valence-corrected chi connectivity index (χ4v) is 2.74. The zero-order valence-electron chi connectivity index (χ0n) is 9.17. The van der Waals surface area contributed by atoms with Crippen LogP contribution in [-0.2, 0) is 0 Å². The van der Waals surface area contributed by atoms with Gasteiger partial charge in [0.05, 0.1) is 10.0 Å². The van der Waals surface area contributed by atoms with Crippen LogP contribution in [0.1, 0.15) is 31.1 Å². The number of carbonyl (C=O) groups is 1. The minimum atomic E-state index is -1.14. The van der Waals surface area contributed by atoms with Gasteiger partial charge in [-0.25, -0.2) is 9.18 Å². The van der Waals surface area contributed by atoms with Gasteiger partial charge in [-0.15, -0.1) is 11.8 Å². The Kier molecular flexibility index (Phi) is 4.02. The van der Waals surface area contributed by atoms with E-state index in [0.29, 0.717) is 4.90 Å². The smallest absolute Gasteiger partial charge is 0.336 e. The average molecular weight is 307 g/mol. The fraction of sp³-hybridized carbons (Fsp3) is 0.364. The second-order valence-electron chi connectivity index (χ2n) is 4.26. The number of aromatic carboxylic acids is 1. The first-order chi connectivity index (χ1) is 7.22. The van der Waals surface area contributed by atoms with Gasteiger partial charge in [0.2, 0.25) is 0 Å². The van der Waals surface area contributed by atoms with Crippen LogP contribution in [0.15, 0.2) is 21.5 Å². The van der Waals surface area contributed by atoms with Gasteiger partial charge in [-0.05, 0) is 28.1 Å². The van der Waals surface area contributed by atoms with Crippen LogP contribution in [-0.4, -0.2) is 15.8 Å². The number of hydrogen-bond acceptors (Lipinski definition) is 2. The SMILES string of the molecule is CC(C)(C)Sc1ccc(C(=O)O)c(Br)c1F. The molecule has 0 radical (unpaired) electrons. The molecule has 0 heterocycles. The van der Waals surface area contributed by atoms with Crippen LogP contribution in [0.2, 0.25) is 0 Å². The van der Waals surface area contributed by atoms with E-state index in [2.05, 4.69) is 15.9 Å². The van der Waals surface area contributed by atoms with Crippen LogP contribution in [0.25, 0.3) is 0 Å². The molecular weight excluding hydrogens is 295 g/mol. The first-order valence-corrected chi connectivity index (χ1v) is 6.23. The molecule has 0 saturated heterocycles. The summed E-state index contributed by atoms with van der Waals surface area (Å²) < 4.78 is 13.7. The molecule has 1 aromatic rings. The maximum Gasteiger partial charge on any atom is 0.336 e. The predicted molar refractivity (Wildman–Crippen MR) is 66.7 cm³/mol. The van der Waals surface area contributed by atoms with Crippen molar-refractivity contribution in [2.45, 2.75) is 30.4 Å². The Hall–Kier alpha value is -0.550. The molecule has 0 fully saturated rings. The van der Waals surface area contributed by atoms with Crippen molar-refractivity contribution in [2.24, 2.45) is 0 Å². The summed E-state index contributed by atoms with van der Waals surface area (Å²) in [6.45, 7) is 5.91. The van der Waals surface area contributed by atoms with Gasteiger partial charge in [0, 0.05) is 9.64 Å². The van der Waals surface area contributed by atoms with Crippen LogP contribution in [0.3, 0.4) is 0 Å². The molecule has 0 saturated carbocycles. The molecule has 0 aliphatic carbocycles. The van der Waals surface area contributed by atoms with Gasteiger partial charge in [-0.2, -0.15) is 0 Å². The van der Waals surface area contributed by atoms with Crippen LogP contribution in [0.5, 0.6) is 0 Å². The minimum absolute atomic E-state index is 0.00856. The summed E-state index contributed by atoms with van der Waals surface area (Å²) in [4.78, 5) is 11.2. The molecule has 1 N–H and O–H groups in total. The van der Waals surface area contributed by atoms with Crippen molar-refractivity contribution in [3.05, 3.63) is 28.0 Å². The Balaban J connectivity index is 3.17. The predicted octanol–water partition coefficient (Wildman–Crippen LogP) is 4.18. The minimum Gasteiger partial charge on any atom is -0.478 e. The average Bonchev–Trinajstić information content (AvgIpc) is 2.10. The number of hydrogen-bond donors (Lipinski definition) is 1. The van der Waals surface area contributed by atoms with Gasteiger partial charge in [-0.1, -0.05) is 20.8 Å². The lowest BCUT2D eigenvalue weighted by molar-refractivity contribution is 0.0695. The zero-order valence-corrected chi connectivity index (χ0v) is 11.6. The monoisotopic (exact) mass is 306 g/mol. The normalized spacial score (nSPS) is 11.6. The summed E-state index contributed by atoms with van der Waals surface area (Å²) in [6.07, 6.45) is 0. The Labute approximate surface area is 106 Å². The van der Waals surface area contributed by atoms with E-state index in [4.69, 9.17) is 5.11 Å². The molecule has 0 bridgehead atoms.